The van der Waals surface area contributed by atoms with E-state index >= 15 is 0 Å². The molecular weight excluding hydrogens is 154 g/mol. The Hall–Kier alpha value is -0.830. The smallest absolute Gasteiger partial charge is 0.243 e. The van der Waals surface area contributed by atoms with Gasteiger partial charge >= 0.3 is 0 Å². The molecule has 68 valence electrons. The SMILES string of the molecule is C=CC(=O)NC[C@@H]1CCC[C@@H]1O. The Morgan fingerprint density at radius 2 is 2.42 bits per heavy atom. The maximum Gasteiger partial charge on any atom is 0.243 e. The van der Waals surface area contributed by atoms with Gasteiger partial charge in [-0.25, -0.2) is 0 Å². The molecule has 12 heavy (non-hydrogen) atoms. The third-order valence-electron chi connectivity index (χ3n) is 2.34. The Morgan fingerprint density at radius 3 is 2.92 bits per heavy atom. The Bertz CT molecular complexity index is 179. The minimum absolute atomic E-state index is 0.158. The van der Waals surface area contributed by atoms with Crippen molar-refractivity contribution in [3.8, 4) is 0 Å². The molecule has 2 atom stereocenters. The monoisotopic (exact) mass is 169 g/mol. The van der Waals surface area contributed by atoms with Crippen LogP contribution in [0.1, 0.15) is 19.3 Å². The van der Waals surface area contributed by atoms with E-state index in [0.29, 0.717) is 6.54 Å². The molecule has 1 aliphatic rings. The van der Waals surface area contributed by atoms with Gasteiger partial charge in [0.15, 0.2) is 0 Å². The van der Waals surface area contributed by atoms with Gasteiger partial charge in [0, 0.05) is 12.5 Å². The summed E-state index contributed by atoms with van der Waals surface area (Å²) in [5.74, 6) is 0.0861. The van der Waals surface area contributed by atoms with Gasteiger partial charge in [-0.1, -0.05) is 13.0 Å². The van der Waals surface area contributed by atoms with E-state index in [2.05, 4.69) is 11.9 Å². The average molecular weight is 169 g/mol. The summed E-state index contributed by atoms with van der Waals surface area (Å²) >= 11 is 0. The summed E-state index contributed by atoms with van der Waals surface area (Å²) in [6.07, 6.45) is 3.97. The highest BCUT2D eigenvalue weighted by Crippen LogP contribution is 2.24. The van der Waals surface area contributed by atoms with Gasteiger partial charge in [-0.05, 0) is 18.9 Å². The molecule has 1 saturated carbocycles. The van der Waals surface area contributed by atoms with E-state index in [4.69, 9.17) is 0 Å². The Labute approximate surface area is 72.5 Å². The van der Waals surface area contributed by atoms with Crippen LogP contribution in [0.5, 0.6) is 0 Å². The fraction of sp³-hybridized carbons (Fsp3) is 0.667. The molecule has 1 amide bonds. The van der Waals surface area contributed by atoms with Gasteiger partial charge in [0.25, 0.3) is 0 Å². The molecule has 0 radical (unpaired) electrons. The lowest BCUT2D eigenvalue weighted by Crippen LogP contribution is -2.31. The zero-order valence-corrected chi connectivity index (χ0v) is 7.12. The quantitative estimate of drug-likeness (QED) is 0.603. The minimum atomic E-state index is -0.227. The van der Waals surface area contributed by atoms with Gasteiger partial charge < -0.3 is 10.4 Å². The fourth-order valence-electron chi connectivity index (χ4n) is 1.56. The first-order valence-electron chi connectivity index (χ1n) is 4.32. The fourth-order valence-corrected chi connectivity index (χ4v) is 1.56. The summed E-state index contributed by atoms with van der Waals surface area (Å²) in [7, 11) is 0. The van der Waals surface area contributed by atoms with Gasteiger partial charge in [0.2, 0.25) is 5.91 Å². The summed E-state index contributed by atoms with van der Waals surface area (Å²) in [5.41, 5.74) is 0. The van der Waals surface area contributed by atoms with Crippen LogP contribution in [-0.4, -0.2) is 23.7 Å². The lowest BCUT2D eigenvalue weighted by atomic mass is 10.1. The van der Waals surface area contributed by atoms with Crippen molar-refractivity contribution in [3.63, 3.8) is 0 Å². The highest BCUT2D eigenvalue weighted by molar-refractivity contribution is 5.86. The van der Waals surface area contributed by atoms with E-state index in [1.165, 1.54) is 6.08 Å². The molecular formula is C9H15NO2. The number of aliphatic hydroxyl groups excluding tert-OH is 1. The molecule has 1 rings (SSSR count). The van der Waals surface area contributed by atoms with Gasteiger partial charge in [0.05, 0.1) is 6.10 Å². The molecule has 3 nitrogen and oxygen atoms in total. The van der Waals surface area contributed by atoms with Crippen molar-refractivity contribution >= 4 is 5.91 Å². The lowest BCUT2D eigenvalue weighted by Gasteiger charge is -2.13. The van der Waals surface area contributed by atoms with Crippen molar-refractivity contribution in [2.45, 2.75) is 25.4 Å². The van der Waals surface area contributed by atoms with Crippen molar-refractivity contribution in [2.24, 2.45) is 5.92 Å². The summed E-state index contributed by atoms with van der Waals surface area (Å²) < 4.78 is 0. The second-order valence-electron chi connectivity index (χ2n) is 3.21. The second-order valence-corrected chi connectivity index (χ2v) is 3.21. The minimum Gasteiger partial charge on any atom is -0.393 e. The van der Waals surface area contributed by atoms with E-state index in [0.717, 1.165) is 19.3 Å². The molecule has 0 unspecified atom stereocenters. The van der Waals surface area contributed by atoms with Crippen molar-refractivity contribution < 1.29 is 9.90 Å². The average Bonchev–Trinajstić information content (AvgIpc) is 2.47. The third-order valence-corrected chi connectivity index (χ3v) is 2.34. The zero-order chi connectivity index (χ0) is 8.97. The van der Waals surface area contributed by atoms with Crippen LogP contribution in [0.4, 0.5) is 0 Å². The standard InChI is InChI=1S/C9H15NO2/c1-2-9(12)10-6-7-4-3-5-8(7)11/h2,7-8,11H,1,3-6H2,(H,10,12)/t7-,8-/m0/s1. The van der Waals surface area contributed by atoms with Crippen molar-refractivity contribution in [2.75, 3.05) is 6.54 Å². The topological polar surface area (TPSA) is 49.3 Å². The number of carbonyl (C=O) groups is 1. The molecule has 0 aliphatic heterocycles. The number of carbonyl (C=O) groups excluding carboxylic acids is 1. The molecule has 1 aliphatic carbocycles. The predicted molar refractivity (Wildman–Crippen MR) is 46.6 cm³/mol. The van der Waals surface area contributed by atoms with Gasteiger partial charge in [-0.3, -0.25) is 4.79 Å². The van der Waals surface area contributed by atoms with Crippen molar-refractivity contribution in [3.05, 3.63) is 12.7 Å². The van der Waals surface area contributed by atoms with E-state index in [-0.39, 0.29) is 17.9 Å². The number of rotatable bonds is 3. The number of hydrogen-bond donors (Lipinski definition) is 2. The summed E-state index contributed by atoms with van der Waals surface area (Å²) in [6.45, 7) is 3.93. The summed E-state index contributed by atoms with van der Waals surface area (Å²) in [4.78, 5) is 10.8. The zero-order valence-electron chi connectivity index (χ0n) is 7.12. The molecule has 0 spiro atoms. The molecule has 0 aromatic rings. The van der Waals surface area contributed by atoms with Gasteiger partial charge in [0.1, 0.15) is 0 Å². The van der Waals surface area contributed by atoms with Crippen LogP contribution in [0.15, 0.2) is 12.7 Å². The van der Waals surface area contributed by atoms with E-state index < -0.39 is 0 Å². The molecule has 2 N–H and O–H groups in total. The lowest BCUT2D eigenvalue weighted by molar-refractivity contribution is -0.116. The van der Waals surface area contributed by atoms with Crippen LogP contribution in [-0.2, 0) is 4.79 Å². The van der Waals surface area contributed by atoms with Crippen LogP contribution in [0.25, 0.3) is 0 Å². The first-order chi connectivity index (χ1) is 5.74. The first kappa shape index (κ1) is 9.26. The van der Waals surface area contributed by atoms with Crippen molar-refractivity contribution in [1.82, 2.24) is 5.32 Å². The summed E-state index contributed by atoms with van der Waals surface area (Å²) in [5, 5.41) is 12.1. The van der Waals surface area contributed by atoms with Crippen LogP contribution in [0, 0.1) is 5.92 Å². The van der Waals surface area contributed by atoms with Crippen LogP contribution < -0.4 is 5.32 Å². The molecule has 0 heterocycles. The van der Waals surface area contributed by atoms with Crippen LogP contribution >= 0.6 is 0 Å². The number of amides is 1. The maximum atomic E-state index is 10.8. The van der Waals surface area contributed by atoms with Gasteiger partial charge in [-0.2, -0.15) is 0 Å². The van der Waals surface area contributed by atoms with Crippen molar-refractivity contribution in [1.29, 1.82) is 0 Å². The molecule has 0 aromatic heterocycles. The highest BCUT2D eigenvalue weighted by Gasteiger charge is 2.24. The normalized spacial score (nSPS) is 28.4. The van der Waals surface area contributed by atoms with Crippen LogP contribution in [0.2, 0.25) is 0 Å². The largest absolute Gasteiger partial charge is 0.393 e. The number of aliphatic hydroxyl groups is 1. The highest BCUT2D eigenvalue weighted by atomic mass is 16.3. The summed E-state index contributed by atoms with van der Waals surface area (Å²) in [6, 6.07) is 0. The van der Waals surface area contributed by atoms with E-state index in [1.54, 1.807) is 0 Å². The molecule has 0 saturated heterocycles. The maximum absolute atomic E-state index is 10.8. The van der Waals surface area contributed by atoms with Crippen LogP contribution in [0.3, 0.4) is 0 Å². The molecule has 0 aromatic carbocycles. The number of hydrogen-bond acceptors (Lipinski definition) is 2. The Kier molecular flexibility index (Phi) is 3.29. The third kappa shape index (κ3) is 2.34. The molecule has 3 heteroatoms. The Morgan fingerprint density at radius 1 is 1.67 bits per heavy atom. The molecule has 0 bridgehead atoms. The predicted octanol–water partition coefficient (Wildman–Crippen LogP) is 0.450. The van der Waals surface area contributed by atoms with E-state index in [1.807, 2.05) is 0 Å². The number of nitrogens with one attached hydrogen (secondary N) is 1. The van der Waals surface area contributed by atoms with Gasteiger partial charge in [-0.15, -0.1) is 0 Å². The Balaban J connectivity index is 2.22. The second kappa shape index (κ2) is 4.26. The first-order valence-corrected chi connectivity index (χ1v) is 4.32. The molecule has 1 fully saturated rings. The van der Waals surface area contributed by atoms with E-state index in [9.17, 15) is 9.90 Å².